The van der Waals surface area contributed by atoms with Crippen LogP contribution in [0.1, 0.15) is 23.7 Å². The van der Waals surface area contributed by atoms with Crippen molar-refractivity contribution in [2.24, 2.45) is 0 Å². The molecule has 29 heavy (non-hydrogen) atoms. The van der Waals surface area contributed by atoms with E-state index in [1.807, 2.05) is 5.43 Å². The number of amides is 1. The Morgan fingerprint density at radius 1 is 1.14 bits per heavy atom. The summed E-state index contributed by atoms with van der Waals surface area (Å²) < 4.78 is 63.1. The largest absolute Gasteiger partial charge is 0.316 e. The van der Waals surface area contributed by atoms with Gasteiger partial charge in [-0.1, -0.05) is 18.2 Å². The second-order valence-electron chi connectivity index (χ2n) is 6.01. The fourth-order valence-electron chi connectivity index (χ4n) is 2.35. The maximum Gasteiger partial charge on any atom is 0.316 e. The Kier molecular flexibility index (Phi) is 7.97. The molecule has 0 spiro atoms. The zero-order chi connectivity index (χ0) is 21.4. The van der Waals surface area contributed by atoms with Crippen LogP contribution in [0.4, 0.5) is 18.9 Å². The fraction of sp³-hybridized carbons (Fsp3) is 0.333. The van der Waals surface area contributed by atoms with Gasteiger partial charge in [0, 0.05) is 12.7 Å². The first-order chi connectivity index (χ1) is 13.8. The first kappa shape index (κ1) is 22.6. The Morgan fingerprint density at radius 2 is 1.79 bits per heavy atom. The van der Waals surface area contributed by atoms with Crippen LogP contribution in [-0.4, -0.2) is 31.5 Å². The van der Waals surface area contributed by atoms with Crippen molar-refractivity contribution < 1.29 is 26.4 Å². The van der Waals surface area contributed by atoms with E-state index in [2.05, 4.69) is 10.4 Å². The van der Waals surface area contributed by atoms with Gasteiger partial charge in [0.25, 0.3) is 0 Å². The highest BCUT2D eigenvalue weighted by atomic mass is 32.2. The van der Waals surface area contributed by atoms with Crippen LogP contribution in [0.15, 0.2) is 42.6 Å². The monoisotopic (exact) mass is 430 g/mol. The molecule has 0 aliphatic rings. The van der Waals surface area contributed by atoms with Crippen molar-refractivity contribution in [2.75, 3.05) is 10.1 Å². The highest BCUT2D eigenvalue weighted by Crippen LogP contribution is 2.22. The number of pyridine rings is 1. The van der Waals surface area contributed by atoms with Crippen LogP contribution >= 0.6 is 0 Å². The molecule has 11 heteroatoms. The van der Waals surface area contributed by atoms with Gasteiger partial charge in [-0.05, 0) is 36.2 Å². The predicted molar refractivity (Wildman–Crippen MR) is 102 cm³/mol. The summed E-state index contributed by atoms with van der Waals surface area (Å²) in [5.74, 6) is -1.56. The van der Waals surface area contributed by atoms with Crippen LogP contribution in [0, 0.1) is 0 Å². The minimum Gasteiger partial charge on any atom is -0.286 e. The van der Waals surface area contributed by atoms with E-state index in [0.29, 0.717) is 22.5 Å². The number of carbonyl (C=O) groups excluding carboxylic acids is 1. The van der Waals surface area contributed by atoms with Gasteiger partial charge < -0.3 is 0 Å². The maximum absolute atomic E-state index is 12.7. The van der Waals surface area contributed by atoms with Crippen LogP contribution in [0.5, 0.6) is 0 Å². The lowest BCUT2D eigenvalue weighted by Crippen LogP contribution is -2.40. The van der Waals surface area contributed by atoms with Crippen molar-refractivity contribution in [3.05, 3.63) is 59.4 Å². The molecule has 1 aromatic carbocycles. The van der Waals surface area contributed by atoms with E-state index in [4.69, 9.17) is 0 Å². The Morgan fingerprint density at radius 3 is 2.31 bits per heavy atom. The normalized spacial score (nSPS) is 11.5. The summed E-state index contributed by atoms with van der Waals surface area (Å²) in [6.07, 6.45) is -1.67. The first-order valence-corrected chi connectivity index (χ1v) is 10.3. The van der Waals surface area contributed by atoms with E-state index in [9.17, 15) is 26.4 Å². The zero-order valence-electron chi connectivity index (χ0n) is 15.6. The predicted octanol–water partition coefficient (Wildman–Crippen LogP) is 2.29. The third kappa shape index (κ3) is 6.43. The number of nitrogens with zero attached hydrogens (tertiary/aromatic N) is 2. The molecule has 2 rings (SSSR count). The molecule has 0 fully saturated rings. The average Bonchev–Trinajstić information content (AvgIpc) is 2.72. The highest BCUT2D eigenvalue weighted by Gasteiger charge is 2.21. The number of aromatic nitrogens is 1. The highest BCUT2D eigenvalue weighted by molar-refractivity contribution is 7.92. The molecule has 1 amide bonds. The van der Waals surface area contributed by atoms with Gasteiger partial charge >= 0.3 is 12.3 Å². The topological polar surface area (TPSA) is 91.4 Å². The van der Waals surface area contributed by atoms with Crippen molar-refractivity contribution in [3.63, 3.8) is 0 Å². The number of halogens is 3. The number of carbonyl (C=O) groups is 1. The maximum atomic E-state index is 12.7. The third-order valence-electron chi connectivity index (χ3n) is 3.97. The number of nitrogens with one attached hydrogen (secondary N) is 2. The lowest BCUT2D eigenvalue weighted by molar-refractivity contribution is -0.132. The van der Waals surface area contributed by atoms with E-state index in [1.54, 1.807) is 12.1 Å². The van der Waals surface area contributed by atoms with Crippen molar-refractivity contribution in [3.8, 4) is 0 Å². The van der Waals surface area contributed by atoms with Crippen LogP contribution in [-0.2, 0) is 34.6 Å². The molecule has 0 unspecified atom stereocenters. The molecule has 2 aromatic rings. The van der Waals surface area contributed by atoms with Gasteiger partial charge in [0.2, 0.25) is 10.0 Å². The first-order valence-electron chi connectivity index (χ1n) is 8.66. The third-order valence-corrected chi connectivity index (χ3v) is 5.71. The SMILES string of the molecule is CCS(=O)(=O)N(Cc1ccc(CNNC(=O)C(F)F)cn1)c1ccc(CF)cc1. The smallest absolute Gasteiger partial charge is 0.286 e. The Hall–Kier alpha value is -2.66. The molecule has 1 aromatic heterocycles. The quantitative estimate of drug-likeness (QED) is 0.565. The fourth-order valence-corrected chi connectivity index (χ4v) is 3.43. The van der Waals surface area contributed by atoms with E-state index in [-0.39, 0.29) is 18.8 Å². The zero-order valence-corrected chi connectivity index (χ0v) is 16.4. The number of hydrogen-bond donors (Lipinski definition) is 2. The summed E-state index contributed by atoms with van der Waals surface area (Å²) in [6.45, 7) is 0.915. The van der Waals surface area contributed by atoms with Gasteiger partial charge in [-0.2, -0.15) is 8.78 Å². The van der Waals surface area contributed by atoms with Gasteiger partial charge in [-0.3, -0.25) is 19.5 Å². The van der Waals surface area contributed by atoms with E-state index in [0.717, 1.165) is 0 Å². The molecule has 0 radical (unpaired) electrons. The van der Waals surface area contributed by atoms with E-state index in [1.165, 1.54) is 41.7 Å². The second-order valence-corrected chi connectivity index (χ2v) is 8.19. The van der Waals surface area contributed by atoms with Crippen molar-refractivity contribution in [1.82, 2.24) is 15.8 Å². The average molecular weight is 430 g/mol. The molecule has 0 atom stereocenters. The molecular formula is C18H21F3N4O3S. The minimum absolute atomic E-state index is 0.0268. The number of hydrazine groups is 1. The molecule has 0 saturated carbocycles. The Bertz CT molecular complexity index is 907. The summed E-state index contributed by atoms with van der Waals surface area (Å²) in [4.78, 5) is 15.0. The molecule has 7 nitrogen and oxygen atoms in total. The van der Waals surface area contributed by atoms with Crippen molar-refractivity contribution in [2.45, 2.75) is 33.1 Å². The van der Waals surface area contributed by atoms with Crippen LogP contribution < -0.4 is 15.2 Å². The number of rotatable bonds is 10. The molecule has 0 saturated heterocycles. The number of anilines is 1. The number of alkyl halides is 3. The molecule has 0 aliphatic heterocycles. The Balaban J connectivity index is 2.09. The summed E-state index contributed by atoms with van der Waals surface area (Å²) in [7, 11) is -3.60. The number of hydrogen-bond acceptors (Lipinski definition) is 5. The molecular weight excluding hydrogens is 409 g/mol. The summed E-state index contributed by atoms with van der Waals surface area (Å²) in [6, 6.07) is 9.33. The second kappa shape index (κ2) is 10.2. The molecule has 0 bridgehead atoms. The summed E-state index contributed by atoms with van der Waals surface area (Å²) in [5, 5.41) is 0. The summed E-state index contributed by atoms with van der Waals surface area (Å²) >= 11 is 0. The van der Waals surface area contributed by atoms with E-state index >= 15 is 0 Å². The number of sulfonamides is 1. The molecule has 0 aliphatic carbocycles. The number of benzene rings is 1. The molecule has 2 N–H and O–H groups in total. The lowest BCUT2D eigenvalue weighted by atomic mass is 10.2. The van der Waals surface area contributed by atoms with Gasteiger partial charge in [-0.15, -0.1) is 0 Å². The van der Waals surface area contributed by atoms with E-state index < -0.39 is 29.0 Å². The molecule has 158 valence electrons. The standard InChI is InChI=1S/C18H21F3N4O3S/c1-2-29(27,28)25(16-7-4-13(9-19)5-8-16)12-15-6-3-14(10-22-15)11-23-24-18(26)17(20)21/h3-8,10,17,23H,2,9,11-12H2,1H3,(H,24,26). The van der Waals surface area contributed by atoms with Crippen molar-refractivity contribution in [1.29, 1.82) is 0 Å². The lowest BCUT2D eigenvalue weighted by Gasteiger charge is -2.23. The van der Waals surface area contributed by atoms with Crippen LogP contribution in [0.25, 0.3) is 0 Å². The van der Waals surface area contributed by atoms with Gasteiger partial charge in [0.1, 0.15) is 6.67 Å². The van der Waals surface area contributed by atoms with Crippen LogP contribution in [0.3, 0.4) is 0 Å². The van der Waals surface area contributed by atoms with Gasteiger partial charge in [-0.25, -0.2) is 18.2 Å². The van der Waals surface area contributed by atoms with Crippen molar-refractivity contribution >= 4 is 21.6 Å². The summed E-state index contributed by atoms with van der Waals surface area (Å²) in [5.41, 5.74) is 6.10. The molecule has 1 heterocycles. The van der Waals surface area contributed by atoms with Gasteiger partial charge in [0.05, 0.1) is 23.7 Å². The van der Waals surface area contributed by atoms with Crippen LogP contribution in [0.2, 0.25) is 0 Å². The Labute approximate surface area is 167 Å². The van der Waals surface area contributed by atoms with Gasteiger partial charge in [0.15, 0.2) is 0 Å². The minimum atomic E-state index is -3.60.